The SMILES string of the molecule is Cc1c[c-]c(-c2ccc(CCc3cc(CCc4c[c-]c(-c5ccccn5)cc4)cc(C4CCC(C)(C)CC4)c3)cn2)cc1.Cn1ccnc1-c1[c-]cccc1.[Ir+3]. The second-order valence-electron chi connectivity index (χ2n) is 15.8. The number of rotatable bonds is 10. The molecule has 7 aromatic rings. The first kappa shape index (κ1) is 40.7. The minimum Gasteiger partial charge on any atom is -0.373 e. The Morgan fingerprint density at radius 3 is 1.91 bits per heavy atom. The summed E-state index contributed by atoms with van der Waals surface area (Å²) in [5, 5.41) is 0. The Bertz CT molecular complexity index is 2230. The maximum atomic E-state index is 4.76. The molecular weight excluding hydrogens is 861 g/mol. The first-order chi connectivity index (χ1) is 26.8. The van der Waals surface area contributed by atoms with E-state index in [0.29, 0.717) is 11.3 Å². The van der Waals surface area contributed by atoms with Crippen LogP contribution in [0.4, 0.5) is 0 Å². The van der Waals surface area contributed by atoms with E-state index in [9.17, 15) is 0 Å². The molecule has 284 valence electrons. The van der Waals surface area contributed by atoms with E-state index in [1.54, 1.807) is 11.8 Å². The van der Waals surface area contributed by atoms with Gasteiger partial charge in [-0.25, -0.2) is 0 Å². The fourth-order valence-corrected chi connectivity index (χ4v) is 7.47. The minimum absolute atomic E-state index is 0. The summed E-state index contributed by atoms with van der Waals surface area (Å²) in [6, 6.07) is 48.4. The van der Waals surface area contributed by atoms with E-state index in [-0.39, 0.29) is 20.1 Å². The number of imidazole rings is 1. The number of hydrogen-bond donors (Lipinski definition) is 0. The third-order valence-corrected chi connectivity index (χ3v) is 10.9. The predicted molar refractivity (Wildman–Crippen MR) is 225 cm³/mol. The van der Waals surface area contributed by atoms with Gasteiger partial charge in [0.25, 0.3) is 0 Å². The average Bonchev–Trinajstić information content (AvgIpc) is 3.66. The van der Waals surface area contributed by atoms with Crippen molar-refractivity contribution in [3.63, 3.8) is 0 Å². The smallest absolute Gasteiger partial charge is 0.373 e. The number of hydrogen-bond acceptors (Lipinski definition) is 3. The molecule has 0 saturated heterocycles. The van der Waals surface area contributed by atoms with Crippen LogP contribution >= 0.6 is 0 Å². The molecule has 1 aliphatic carbocycles. The van der Waals surface area contributed by atoms with Crippen molar-refractivity contribution in [3.8, 4) is 33.9 Å². The van der Waals surface area contributed by atoms with Crippen molar-refractivity contribution in [2.45, 2.75) is 78.1 Å². The summed E-state index contributed by atoms with van der Waals surface area (Å²) in [6.45, 7) is 6.95. The molecule has 5 heteroatoms. The topological polar surface area (TPSA) is 43.6 Å². The molecule has 0 bridgehead atoms. The summed E-state index contributed by atoms with van der Waals surface area (Å²) >= 11 is 0. The summed E-state index contributed by atoms with van der Waals surface area (Å²) in [4.78, 5) is 13.4. The third-order valence-electron chi connectivity index (χ3n) is 10.9. The second-order valence-corrected chi connectivity index (χ2v) is 15.8. The monoisotopic (exact) mass is 912 g/mol. The molecule has 0 spiro atoms. The first-order valence-corrected chi connectivity index (χ1v) is 19.7. The van der Waals surface area contributed by atoms with Crippen LogP contribution in [0.15, 0.2) is 134 Å². The number of nitrogens with zero attached hydrogens (tertiary/aromatic N) is 4. The summed E-state index contributed by atoms with van der Waals surface area (Å²) in [7, 11) is 1.98. The van der Waals surface area contributed by atoms with Crippen LogP contribution in [0.2, 0.25) is 0 Å². The third kappa shape index (κ3) is 11.1. The van der Waals surface area contributed by atoms with E-state index in [2.05, 4.69) is 110 Å². The summed E-state index contributed by atoms with van der Waals surface area (Å²) in [5.74, 6) is 1.63. The Kier molecular flexibility index (Phi) is 14.0. The normalized spacial score (nSPS) is 13.6. The average molecular weight is 912 g/mol. The van der Waals surface area contributed by atoms with Crippen molar-refractivity contribution in [3.05, 3.63) is 186 Å². The van der Waals surface area contributed by atoms with Crippen LogP contribution in [0.1, 0.15) is 78.8 Å². The zero-order valence-electron chi connectivity index (χ0n) is 33.1. The molecule has 1 saturated carbocycles. The van der Waals surface area contributed by atoms with Gasteiger partial charge in [-0.2, -0.15) is 0 Å². The fraction of sp³-hybridized carbons (Fsp3) is 0.275. The minimum atomic E-state index is 0. The maximum Gasteiger partial charge on any atom is 3.00 e. The second kappa shape index (κ2) is 19.3. The molecule has 3 heterocycles. The number of aromatic nitrogens is 4. The Labute approximate surface area is 347 Å². The van der Waals surface area contributed by atoms with Gasteiger partial charge >= 0.3 is 20.1 Å². The molecular formula is C51H51IrN4. The molecule has 0 unspecified atom stereocenters. The van der Waals surface area contributed by atoms with Crippen LogP contribution in [0.25, 0.3) is 33.9 Å². The van der Waals surface area contributed by atoms with Gasteiger partial charge in [0.05, 0.1) is 5.82 Å². The van der Waals surface area contributed by atoms with Gasteiger partial charge in [0.1, 0.15) is 0 Å². The zero-order chi connectivity index (χ0) is 38.0. The van der Waals surface area contributed by atoms with Crippen LogP contribution in [0.5, 0.6) is 0 Å². The van der Waals surface area contributed by atoms with Gasteiger partial charge < -0.3 is 14.5 Å². The van der Waals surface area contributed by atoms with Gasteiger partial charge in [-0.15, -0.1) is 107 Å². The molecule has 56 heavy (non-hydrogen) atoms. The standard InChI is InChI=1S/C41H42N2.C10H9N2.Ir/c1-30-7-16-36(17-8-30)40-20-15-32(29-43-40)10-12-34-26-33(27-38(28-34)35-21-23-41(2,3)24-22-35)11-9-31-13-18-37(19-14-31)39-6-4-5-25-42-39;1-12-8-7-11-10(12)9-5-3-2-4-6-9;/h4-8,13-16,18,20,25-29,35H,9-12,21-24H2,1-3H3;2-5,7-8H,1H3;/q-2;-1;+3. The molecule has 0 N–H and O–H groups in total. The summed E-state index contributed by atoms with van der Waals surface area (Å²) in [5.41, 5.74) is 13.8. The van der Waals surface area contributed by atoms with Crippen LogP contribution in [0.3, 0.4) is 0 Å². The van der Waals surface area contributed by atoms with Gasteiger partial charge in [0.2, 0.25) is 0 Å². The zero-order valence-corrected chi connectivity index (χ0v) is 35.5. The molecule has 1 aliphatic rings. The quantitative estimate of drug-likeness (QED) is 0.128. The first-order valence-electron chi connectivity index (χ1n) is 19.7. The summed E-state index contributed by atoms with van der Waals surface area (Å²) < 4.78 is 1.98. The van der Waals surface area contributed by atoms with Crippen molar-refractivity contribution in [2.75, 3.05) is 0 Å². The molecule has 8 rings (SSSR count). The maximum absolute atomic E-state index is 4.76. The predicted octanol–water partition coefficient (Wildman–Crippen LogP) is 11.9. The van der Waals surface area contributed by atoms with E-state index in [1.807, 2.05) is 78.7 Å². The van der Waals surface area contributed by atoms with E-state index in [4.69, 9.17) is 4.98 Å². The summed E-state index contributed by atoms with van der Waals surface area (Å²) in [6.07, 6.45) is 16.9. The van der Waals surface area contributed by atoms with Crippen LogP contribution < -0.4 is 0 Å². The molecule has 0 aliphatic heterocycles. The number of pyridine rings is 2. The van der Waals surface area contributed by atoms with Crippen molar-refractivity contribution in [1.82, 2.24) is 19.5 Å². The van der Waals surface area contributed by atoms with Crippen LogP contribution in [0, 0.1) is 30.5 Å². The molecule has 1 fully saturated rings. The van der Waals surface area contributed by atoms with Crippen molar-refractivity contribution < 1.29 is 20.1 Å². The molecule has 0 amide bonds. The van der Waals surface area contributed by atoms with Crippen molar-refractivity contribution in [2.24, 2.45) is 12.5 Å². The Hall–Kier alpha value is -4.96. The van der Waals surface area contributed by atoms with Gasteiger partial charge in [0, 0.05) is 31.8 Å². The van der Waals surface area contributed by atoms with Gasteiger partial charge in [-0.1, -0.05) is 69.7 Å². The fourth-order valence-electron chi connectivity index (χ4n) is 7.47. The van der Waals surface area contributed by atoms with E-state index in [0.717, 1.165) is 59.6 Å². The van der Waals surface area contributed by atoms with E-state index >= 15 is 0 Å². The molecule has 4 nitrogen and oxygen atoms in total. The molecule has 4 aromatic carbocycles. The van der Waals surface area contributed by atoms with E-state index in [1.165, 1.54) is 53.5 Å². The van der Waals surface area contributed by atoms with Crippen molar-refractivity contribution >= 4 is 0 Å². The van der Waals surface area contributed by atoms with Gasteiger partial charge in [-0.3, -0.25) is 4.98 Å². The largest absolute Gasteiger partial charge is 3.00 e. The Balaban J connectivity index is 0.000000348. The van der Waals surface area contributed by atoms with Crippen LogP contribution in [-0.2, 0) is 52.8 Å². The Morgan fingerprint density at radius 1 is 0.643 bits per heavy atom. The number of aryl methyl sites for hydroxylation is 6. The van der Waals surface area contributed by atoms with Gasteiger partial charge in [0.15, 0.2) is 0 Å². The molecule has 0 atom stereocenters. The van der Waals surface area contributed by atoms with Crippen molar-refractivity contribution in [1.29, 1.82) is 0 Å². The van der Waals surface area contributed by atoms with Gasteiger partial charge in [-0.05, 0) is 96.0 Å². The van der Waals surface area contributed by atoms with E-state index < -0.39 is 0 Å². The molecule has 0 radical (unpaired) electrons. The molecule has 3 aromatic heterocycles. The Morgan fingerprint density at radius 2 is 1.32 bits per heavy atom. The van der Waals surface area contributed by atoms with Crippen LogP contribution in [-0.4, -0.2) is 19.5 Å². The number of benzene rings is 4.